The zero-order valence-electron chi connectivity index (χ0n) is 10.5. The van der Waals surface area contributed by atoms with Gasteiger partial charge in [-0.2, -0.15) is 0 Å². The van der Waals surface area contributed by atoms with Crippen molar-refractivity contribution in [3.63, 3.8) is 0 Å². The first-order valence-electron chi connectivity index (χ1n) is 5.98. The van der Waals surface area contributed by atoms with Crippen molar-refractivity contribution >= 4 is 0 Å². The summed E-state index contributed by atoms with van der Waals surface area (Å²) in [6, 6.07) is 3.43. The highest BCUT2D eigenvalue weighted by molar-refractivity contribution is 5.25. The molecule has 0 atom stereocenters. The van der Waals surface area contributed by atoms with Gasteiger partial charge in [0.15, 0.2) is 11.6 Å². The maximum atomic E-state index is 13.3. The largest absolute Gasteiger partial charge is 0.487 e. The van der Waals surface area contributed by atoms with Crippen molar-refractivity contribution in [2.45, 2.75) is 39.7 Å². The third-order valence-electron chi connectivity index (χ3n) is 3.51. The van der Waals surface area contributed by atoms with E-state index in [9.17, 15) is 8.78 Å². The van der Waals surface area contributed by atoms with E-state index in [0.29, 0.717) is 5.92 Å². The van der Waals surface area contributed by atoms with E-state index >= 15 is 0 Å². The molecule has 1 aromatic rings. The summed E-state index contributed by atoms with van der Waals surface area (Å²) in [6.07, 6.45) is 1.96. The molecule has 0 radical (unpaired) electrons. The van der Waals surface area contributed by atoms with Crippen molar-refractivity contribution in [3.05, 3.63) is 29.8 Å². The van der Waals surface area contributed by atoms with Gasteiger partial charge in [0.05, 0.1) is 6.10 Å². The van der Waals surface area contributed by atoms with E-state index in [2.05, 4.69) is 20.8 Å². The number of ether oxygens (including phenoxy) is 1. The van der Waals surface area contributed by atoms with Gasteiger partial charge in [0, 0.05) is 6.07 Å². The normalized spacial score (nSPS) is 24.3. The molecule has 0 aliphatic heterocycles. The third kappa shape index (κ3) is 2.76. The van der Waals surface area contributed by atoms with Crippen LogP contribution in [-0.2, 0) is 0 Å². The number of hydrogen-bond donors (Lipinski definition) is 0. The van der Waals surface area contributed by atoms with E-state index in [1.807, 2.05) is 0 Å². The van der Waals surface area contributed by atoms with E-state index in [1.165, 1.54) is 12.1 Å². The summed E-state index contributed by atoms with van der Waals surface area (Å²) in [7, 11) is 0. The maximum absolute atomic E-state index is 13.3. The lowest BCUT2D eigenvalue weighted by atomic mass is 9.67. The molecule has 0 bridgehead atoms. The van der Waals surface area contributed by atoms with Crippen LogP contribution in [0.5, 0.6) is 5.75 Å². The summed E-state index contributed by atoms with van der Waals surface area (Å²) in [5, 5.41) is 0. The molecule has 1 aliphatic carbocycles. The van der Waals surface area contributed by atoms with E-state index in [-0.39, 0.29) is 17.3 Å². The van der Waals surface area contributed by atoms with Gasteiger partial charge in [-0.15, -0.1) is 0 Å². The standard InChI is InChI=1S/C14H18F2O/c1-14(2,3)9-6-11(7-9)17-13-5-4-10(15)8-12(13)16/h4-5,8-9,11H,6-7H2,1-3H3. The molecule has 17 heavy (non-hydrogen) atoms. The van der Waals surface area contributed by atoms with E-state index in [4.69, 9.17) is 4.74 Å². The first kappa shape index (κ1) is 12.3. The van der Waals surface area contributed by atoms with Crippen LogP contribution in [0.1, 0.15) is 33.6 Å². The van der Waals surface area contributed by atoms with E-state index < -0.39 is 11.6 Å². The molecule has 0 heterocycles. The fourth-order valence-corrected chi connectivity index (χ4v) is 2.12. The lowest BCUT2D eigenvalue weighted by molar-refractivity contribution is 0.00522. The van der Waals surface area contributed by atoms with Crippen LogP contribution in [0.3, 0.4) is 0 Å². The molecule has 1 aromatic carbocycles. The third-order valence-corrected chi connectivity index (χ3v) is 3.51. The van der Waals surface area contributed by atoms with Crippen LogP contribution in [-0.4, -0.2) is 6.10 Å². The summed E-state index contributed by atoms with van der Waals surface area (Å²) in [5.41, 5.74) is 0.279. The summed E-state index contributed by atoms with van der Waals surface area (Å²) in [6.45, 7) is 6.60. The van der Waals surface area contributed by atoms with Crippen LogP contribution in [0.25, 0.3) is 0 Å². The second kappa shape index (κ2) is 4.28. The predicted octanol–water partition coefficient (Wildman–Crippen LogP) is 4.17. The van der Waals surface area contributed by atoms with Gasteiger partial charge < -0.3 is 4.74 Å². The fraction of sp³-hybridized carbons (Fsp3) is 0.571. The van der Waals surface area contributed by atoms with Gasteiger partial charge in [0.25, 0.3) is 0 Å². The minimum absolute atomic E-state index is 0.0687. The zero-order valence-corrected chi connectivity index (χ0v) is 10.5. The van der Waals surface area contributed by atoms with Crippen molar-refractivity contribution in [1.29, 1.82) is 0 Å². The molecule has 0 spiro atoms. The highest BCUT2D eigenvalue weighted by Gasteiger charge is 2.38. The van der Waals surface area contributed by atoms with Gasteiger partial charge in [-0.25, -0.2) is 8.78 Å². The van der Waals surface area contributed by atoms with Gasteiger partial charge in [-0.3, -0.25) is 0 Å². The second-order valence-corrected chi connectivity index (χ2v) is 5.85. The molecule has 0 unspecified atom stereocenters. The molecule has 2 rings (SSSR count). The van der Waals surface area contributed by atoms with Gasteiger partial charge in [-0.1, -0.05) is 20.8 Å². The molecular formula is C14H18F2O. The van der Waals surface area contributed by atoms with Crippen molar-refractivity contribution in [2.24, 2.45) is 11.3 Å². The van der Waals surface area contributed by atoms with Gasteiger partial charge in [0.1, 0.15) is 5.82 Å². The molecule has 0 saturated heterocycles. The van der Waals surface area contributed by atoms with Crippen LogP contribution in [0.2, 0.25) is 0 Å². The Morgan fingerprint density at radius 3 is 2.35 bits per heavy atom. The first-order chi connectivity index (χ1) is 7.86. The second-order valence-electron chi connectivity index (χ2n) is 5.85. The summed E-state index contributed by atoms with van der Waals surface area (Å²) in [4.78, 5) is 0. The molecule has 0 amide bonds. The quantitative estimate of drug-likeness (QED) is 0.754. The first-order valence-corrected chi connectivity index (χ1v) is 5.98. The Kier molecular flexibility index (Phi) is 3.11. The molecular weight excluding hydrogens is 222 g/mol. The predicted molar refractivity (Wildman–Crippen MR) is 63.0 cm³/mol. The van der Waals surface area contributed by atoms with Crippen molar-refractivity contribution in [2.75, 3.05) is 0 Å². The zero-order chi connectivity index (χ0) is 12.6. The molecule has 0 aromatic heterocycles. The Bertz CT molecular complexity index is 403. The average Bonchev–Trinajstić information content (AvgIpc) is 2.11. The van der Waals surface area contributed by atoms with Crippen molar-refractivity contribution in [1.82, 2.24) is 0 Å². The topological polar surface area (TPSA) is 9.23 Å². The number of benzene rings is 1. The molecule has 0 N–H and O–H groups in total. The fourth-order valence-electron chi connectivity index (χ4n) is 2.12. The summed E-state index contributed by atoms with van der Waals surface area (Å²) < 4.78 is 31.6. The lowest BCUT2D eigenvalue weighted by Crippen LogP contribution is -2.40. The Morgan fingerprint density at radius 2 is 1.82 bits per heavy atom. The van der Waals surface area contributed by atoms with Gasteiger partial charge in [-0.05, 0) is 36.3 Å². The Labute approximate surface area is 101 Å². The minimum Gasteiger partial charge on any atom is -0.487 e. The van der Waals surface area contributed by atoms with Crippen LogP contribution < -0.4 is 4.74 Å². The summed E-state index contributed by atoms with van der Waals surface area (Å²) in [5.74, 6) is -0.417. The maximum Gasteiger partial charge on any atom is 0.167 e. The highest BCUT2D eigenvalue weighted by Crippen LogP contribution is 2.43. The van der Waals surface area contributed by atoms with Crippen molar-refractivity contribution in [3.8, 4) is 5.75 Å². The Balaban J connectivity index is 1.92. The lowest BCUT2D eigenvalue weighted by Gasteiger charge is -2.43. The van der Waals surface area contributed by atoms with E-state index in [0.717, 1.165) is 18.9 Å². The summed E-state index contributed by atoms with van der Waals surface area (Å²) >= 11 is 0. The molecule has 3 heteroatoms. The molecule has 1 aliphatic rings. The molecule has 1 saturated carbocycles. The van der Waals surface area contributed by atoms with E-state index in [1.54, 1.807) is 0 Å². The average molecular weight is 240 g/mol. The monoisotopic (exact) mass is 240 g/mol. The number of rotatable bonds is 2. The van der Waals surface area contributed by atoms with Crippen LogP contribution in [0.15, 0.2) is 18.2 Å². The van der Waals surface area contributed by atoms with Crippen LogP contribution in [0, 0.1) is 23.0 Å². The van der Waals surface area contributed by atoms with Gasteiger partial charge >= 0.3 is 0 Å². The molecule has 94 valence electrons. The van der Waals surface area contributed by atoms with Gasteiger partial charge in [0.2, 0.25) is 0 Å². The smallest absolute Gasteiger partial charge is 0.167 e. The number of hydrogen-bond acceptors (Lipinski definition) is 1. The molecule has 1 nitrogen and oxygen atoms in total. The SMILES string of the molecule is CC(C)(C)C1CC(Oc2ccc(F)cc2F)C1. The van der Waals surface area contributed by atoms with Crippen LogP contribution >= 0.6 is 0 Å². The molecule has 1 fully saturated rings. The Hall–Kier alpha value is -1.12. The minimum atomic E-state index is -0.621. The number of halogens is 2. The highest BCUT2D eigenvalue weighted by atomic mass is 19.1. The Morgan fingerprint density at radius 1 is 1.18 bits per heavy atom. The van der Waals surface area contributed by atoms with Crippen molar-refractivity contribution < 1.29 is 13.5 Å². The van der Waals surface area contributed by atoms with Crippen LogP contribution in [0.4, 0.5) is 8.78 Å².